The predicted molar refractivity (Wildman–Crippen MR) is 83.0 cm³/mol. The highest BCUT2D eigenvalue weighted by molar-refractivity contribution is 5.75. The highest BCUT2D eigenvalue weighted by Crippen LogP contribution is 2.37. The molecule has 0 radical (unpaired) electrons. The van der Waals surface area contributed by atoms with Gasteiger partial charge >= 0.3 is 12.3 Å². The van der Waals surface area contributed by atoms with E-state index in [1.807, 2.05) is 13.0 Å². The number of carboxylic acid groups (broad SMARTS) is 1. The lowest BCUT2D eigenvalue weighted by atomic mass is 9.95. The first-order chi connectivity index (χ1) is 11.2. The third-order valence-electron chi connectivity index (χ3n) is 3.51. The van der Waals surface area contributed by atoms with E-state index in [0.29, 0.717) is 16.9 Å². The molecule has 0 aliphatic carbocycles. The van der Waals surface area contributed by atoms with Gasteiger partial charge in [0.15, 0.2) is 0 Å². The fraction of sp³-hybridized carbons (Fsp3) is 0.235. The zero-order chi connectivity index (χ0) is 17.9. The maximum Gasteiger partial charge on any atom is 0.416 e. The molecule has 0 saturated heterocycles. The van der Waals surface area contributed by atoms with Crippen molar-refractivity contribution in [1.29, 1.82) is 0 Å². The Balaban J connectivity index is 2.60. The molecule has 1 amide bonds. The topological polar surface area (TPSA) is 58.6 Å². The number of methoxy groups -OCH3 is 1. The quantitative estimate of drug-likeness (QED) is 0.865. The summed E-state index contributed by atoms with van der Waals surface area (Å²) in [6.07, 6.45) is -5.82. The Hall–Kier alpha value is -2.70. The van der Waals surface area contributed by atoms with E-state index in [9.17, 15) is 18.0 Å². The number of alkyl halides is 3. The van der Waals surface area contributed by atoms with E-state index in [-0.39, 0.29) is 12.1 Å². The largest absolute Gasteiger partial charge is 0.496 e. The minimum Gasteiger partial charge on any atom is -0.496 e. The average molecular weight is 339 g/mol. The van der Waals surface area contributed by atoms with Crippen molar-refractivity contribution in [2.75, 3.05) is 7.11 Å². The van der Waals surface area contributed by atoms with Gasteiger partial charge in [0.1, 0.15) is 5.75 Å². The van der Waals surface area contributed by atoms with Gasteiger partial charge in [0.25, 0.3) is 0 Å². The molecule has 0 bridgehead atoms. The molecule has 0 aliphatic rings. The normalized spacial score (nSPS) is 11.2. The Labute approximate surface area is 136 Å². The molecule has 7 heteroatoms. The lowest BCUT2D eigenvalue weighted by Crippen LogP contribution is -2.21. The van der Waals surface area contributed by atoms with Gasteiger partial charge in [-0.15, -0.1) is 0 Å². The molecule has 0 atom stereocenters. The van der Waals surface area contributed by atoms with Crippen LogP contribution in [-0.4, -0.2) is 18.3 Å². The summed E-state index contributed by atoms with van der Waals surface area (Å²) in [6.45, 7) is 1.61. The van der Waals surface area contributed by atoms with Crippen LogP contribution in [0.5, 0.6) is 5.75 Å². The van der Waals surface area contributed by atoms with Crippen LogP contribution >= 0.6 is 0 Å². The molecule has 0 heterocycles. The van der Waals surface area contributed by atoms with E-state index in [1.165, 1.54) is 13.2 Å². The van der Waals surface area contributed by atoms with Crippen molar-refractivity contribution in [1.82, 2.24) is 5.32 Å². The lowest BCUT2D eigenvalue weighted by Gasteiger charge is -2.16. The van der Waals surface area contributed by atoms with Gasteiger partial charge in [-0.3, -0.25) is 0 Å². The van der Waals surface area contributed by atoms with Crippen molar-refractivity contribution < 1.29 is 27.8 Å². The van der Waals surface area contributed by atoms with Gasteiger partial charge in [0.05, 0.1) is 12.7 Å². The molecule has 0 saturated carbocycles. The van der Waals surface area contributed by atoms with Gasteiger partial charge in [-0.25, -0.2) is 4.79 Å². The Morgan fingerprint density at radius 2 is 1.88 bits per heavy atom. The molecule has 2 aromatic rings. The van der Waals surface area contributed by atoms with Gasteiger partial charge in [0.2, 0.25) is 0 Å². The van der Waals surface area contributed by atoms with E-state index in [1.54, 1.807) is 12.1 Å². The van der Waals surface area contributed by atoms with Crippen molar-refractivity contribution in [2.24, 2.45) is 0 Å². The number of amides is 1. The minimum atomic E-state index is -4.51. The number of aryl methyl sites for hydroxylation is 1. The maximum atomic E-state index is 12.9. The first-order valence-electron chi connectivity index (χ1n) is 7.04. The summed E-state index contributed by atoms with van der Waals surface area (Å²) in [5, 5.41) is 10.9. The van der Waals surface area contributed by atoms with Crippen LogP contribution < -0.4 is 10.1 Å². The fourth-order valence-corrected chi connectivity index (χ4v) is 2.38. The maximum absolute atomic E-state index is 12.9. The summed E-state index contributed by atoms with van der Waals surface area (Å²) in [4.78, 5) is 10.7. The average Bonchev–Trinajstić information content (AvgIpc) is 2.51. The van der Waals surface area contributed by atoms with Crippen LogP contribution in [0.1, 0.15) is 16.7 Å². The fourth-order valence-electron chi connectivity index (χ4n) is 2.38. The molecule has 2 rings (SSSR count). The van der Waals surface area contributed by atoms with E-state index >= 15 is 0 Å². The van der Waals surface area contributed by atoms with Gasteiger partial charge < -0.3 is 15.2 Å². The van der Waals surface area contributed by atoms with Crippen molar-refractivity contribution in [3.8, 4) is 16.9 Å². The van der Waals surface area contributed by atoms with Gasteiger partial charge in [0, 0.05) is 12.1 Å². The summed E-state index contributed by atoms with van der Waals surface area (Å²) in [6, 6.07) is 8.58. The van der Waals surface area contributed by atoms with E-state index in [0.717, 1.165) is 17.7 Å². The zero-order valence-electron chi connectivity index (χ0n) is 13.1. The van der Waals surface area contributed by atoms with Crippen LogP contribution in [0.2, 0.25) is 0 Å². The third-order valence-corrected chi connectivity index (χ3v) is 3.51. The summed E-state index contributed by atoms with van der Waals surface area (Å²) in [5.74, 6) is 0.497. The monoisotopic (exact) mass is 339 g/mol. The van der Waals surface area contributed by atoms with Crippen LogP contribution in [0.4, 0.5) is 18.0 Å². The van der Waals surface area contributed by atoms with Crippen molar-refractivity contribution in [2.45, 2.75) is 19.6 Å². The third kappa shape index (κ3) is 3.98. The molecule has 24 heavy (non-hydrogen) atoms. The number of carbonyl (C=O) groups is 1. The molecule has 4 nitrogen and oxygen atoms in total. The molecule has 0 unspecified atom stereocenters. The molecule has 2 N–H and O–H groups in total. The van der Waals surface area contributed by atoms with Crippen LogP contribution in [0.15, 0.2) is 36.4 Å². The summed E-state index contributed by atoms with van der Waals surface area (Å²) >= 11 is 0. The van der Waals surface area contributed by atoms with Gasteiger partial charge in [-0.1, -0.05) is 17.7 Å². The standard InChI is InChI=1S/C17H16F3NO3/c1-10-3-6-15(24-2)14(7-10)13-5-4-12(17(18,19)20)8-11(13)9-21-16(22)23/h3-8,21H,9H2,1-2H3,(H,22,23). The van der Waals surface area contributed by atoms with Crippen LogP contribution in [0, 0.1) is 6.92 Å². The zero-order valence-corrected chi connectivity index (χ0v) is 13.1. The predicted octanol–water partition coefficient (Wildman–Crippen LogP) is 4.46. The molecular formula is C17H16F3NO3. The van der Waals surface area contributed by atoms with Crippen LogP contribution in [0.3, 0.4) is 0 Å². The number of hydrogen-bond acceptors (Lipinski definition) is 2. The highest BCUT2D eigenvalue weighted by atomic mass is 19.4. The number of benzene rings is 2. The van der Waals surface area contributed by atoms with E-state index in [2.05, 4.69) is 5.32 Å². The molecule has 0 spiro atoms. The second kappa shape index (κ2) is 6.82. The first-order valence-corrected chi connectivity index (χ1v) is 7.04. The number of halogens is 3. The SMILES string of the molecule is COc1ccc(C)cc1-c1ccc(C(F)(F)F)cc1CNC(=O)O. The van der Waals surface area contributed by atoms with Crippen LogP contribution in [-0.2, 0) is 12.7 Å². The highest BCUT2D eigenvalue weighted by Gasteiger charge is 2.31. The summed E-state index contributed by atoms with van der Waals surface area (Å²) in [7, 11) is 1.47. The number of nitrogens with one attached hydrogen (secondary N) is 1. The first kappa shape index (κ1) is 17.7. The molecule has 0 aliphatic heterocycles. The number of rotatable bonds is 4. The Morgan fingerprint density at radius 3 is 2.46 bits per heavy atom. The number of hydrogen-bond donors (Lipinski definition) is 2. The number of ether oxygens (including phenoxy) is 1. The summed E-state index contributed by atoms with van der Waals surface area (Å²) < 4.78 is 44.1. The summed E-state index contributed by atoms with van der Waals surface area (Å²) in [5.41, 5.74) is 1.38. The van der Waals surface area contributed by atoms with Crippen molar-refractivity contribution >= 4 is 6.09 Å². The smallest absolute Gasteiger partial charge is 0.416 e. The Kier molecular flexibility index (Phi) is 5.02. The molecule has 128 valence electrons. The molecule has 0 fully saturated rings. The molecular weight excluding hydrogens is 323 g/mol. The Bertz CT molecular complexity index is 757. The van der Waals surface area contributed by atoms with Gasteiger partial charge in [-0.05, 0) is 42.3 Å². The van der Waals surface area contributed by atoms with Crippen molar-refractivity contribution in [3.63, 3.8) is 0 Å². The van der Waals surface area contributed by atoms with Crippen LogP contribution in [0.25, 0.3) is 11.1 Å². The van der Waals surface area contributed by atoms with E-state index in [4.69, 9.17) is 9.84 Å². The minimum absolute atomic E-state index is 0.219. The lowest BCUT2D eigenvalue weighted by molar-refractivity contribution is -0.137. The molecule has 0 aromatic heterocycles. The Morgan fingerprint density at radius 1 is 1.17 bits per heavy atom. The van der Waals surface area contributed by atoms with E-state index < -0.39 is 17.8 Å². The second-order valence-electron chi connectivity index (χ2n) is 5.23. The van der Waals surface area contributed by atoms with Gasteiger partial charge in [-0.2, -0.15) is 13.2 Å². The second-order valence-corrected chi connectivity index (χ2v) is 5.23. The molecule has 2 aromatic carbocycles. The van der Waals surface area contributed by atoms with Crippen molar-refractivity contribution in [3.05, 3.63) is 53.1 Å².